The quantitative estimate of drug-likeness (QED) is 0.895. The number of rotatable bonds is 3. The number of hydrogen-bond acceptors (Lipinski definition) is 2. The molecule has 1 rings (SSSR count). The second-order valence-electron chi connectivity index (χ2n) is 3.61. The molecule has 14 heavy (non-hydrogen) atoms. The molecule has 1 N–H and O–H groups in total. The summed E-state index contributed by atoms with van der Waals surface area (Å²) in [5, 5.41) is 3.25. The predicted octanol–water partition coefficient (Wildman–Crippen LogP) is 2.80. The molecule has 1 aromatic carbocycles. The Labute approximate surface area is 94.4 Å². The maximum atomic E-state index is 3.49. The van der Waals surface area contributed by atoms with Crippen LogP contribution in [0.15, 0.2) is 22.7 Å². The van der Waals surface area contributed by atoms with Gasteiger partial charge in [-0.25, -0.2) is 0 Å². The van der Waals surface area contributed by atoms with Gasteiger partial charge in [-0.15, -0.1) is 0 Å². The van der Waals surface area contributed by atoms with Crippen molar-refractivity contribution in [1.82, 2.24) is 5.32 Å². The summed E-state index contributed by atoms with van der Waals surface area (Å²) >= 11 is 3.49. The van der Waals surface area contributed by atoms with Gasteiger partial charge < -0.3 is 10.2 Å². The fourth-order valence-corrected chi connectivity index (χ4v) is 1.77. The minimum Gasteiger partial charge on any atom is -0.377 e. The van der Waals surface area contributed by atoms with Crippen molar-refractivity contribution >= 4 is 21.6 Å². The first-order valence-corrected chi connectivity index (χ1v) is 5.49. The zero-order chi connectivity index (χ0) is 10.7. The van der Waals surface area contributed by atoms with Crippen LogP contribution in [0.25, 0.3) is 0 Å². The molecule has 0 aliphatic heterocycles. The Morgan fingerprint density at radius 3 is 2.50 bits per heavy atom. The predicted molar refractivity (Wildman–Crippen MR) is 65.9 cm³/mol. The number of halogens is 1. The molecule has 1 aromatic rings. The van der Waals surface area contributed by atoms with E-state index < -0.39 is 0 Å². The lowest BCUT2D eigenvalue weighted by Crippen LogP contribution is -2.18. The first kappa shape index (κ1) is 11.5. The highest BCUT2D eigenvalue weighted by atomic mass is 79.9. The third-order valence-electron chi connectivity index (χ3n) is 2.37. The van der Waals surface area contributed by atoms with E-state index in [0.29, 0.717) is 6.04 Å². The van der Waals surface area contributed by atoms with E-state index in [4.69, 9.17) is 0 Å². The Morgan fingerprint density at radius 2 is 2.00 bits per heavy atom. The highest BCUT2D eigenvalue weighted by Crippen LogP contribution is 2.28. The second kappa shape index (κ2) is 4.80. The average Bonchev–Trinajstić information content (AvgIpc) is 2.16. The maximum Gasteiger partial charge on any atom is 0.0420 e. The fraction of sp³-hybridized carbons (Fsp3) is 0.455. The van der Waals surface area contributed by atoms with E-state index in [1.165, 1.54) is 11.3 Å². The highest BCUT2D eigenvalue weighted by Gasteiger charge is 2.10. The minimum atomic E-state index is 0.375. The maximum absolute atomic E-state index is 3.49. The summed E-state index contributed by atoms with van der Waals surface area (Å²) in [4.78, 5) is 2.13. The fourth-order valence-electron chi connectivity index (χ4n) is 1.43. The van der Waals surface area contributed by atoms with Crippen LogP contribution in [0.2, 0.25) is 0 Å². The number of nitrogens with zero attached hydrogens (tertiary/aromatic N) is 1. The zero-order valence-corrected chi connectivity index (χ0v) is 10.7. The van der Waals surface area contributed by atoms with Gasteiger partial charge in [-0.05, 0) is 31.7 Å². The minimum absolute atomic E-state index is 0.375. The molecule has 0 aromatic heterocycles. The summed E-state index contributed by atoms with van der Waals surface area (Å²) in [6, 6.07) is 6.75. The van der Waals surface area contributed by atoms with Crippen molar-refractivity contribution in [2.45, 2.75) is 13.0 Å². The molecule has 0 spiro atoms. The first-order valence-electron chi connectivity index (χ1n) is 4.70. The summed E-state index contributed by atoms with van der Waals surface area (Å²) in [6.45, 7) is 2.16. The lowest BCUT2D eigenvalue weighted by Gasteiger charge is -2.21. The molecule has 0 aliphatic carbocycles. The van der Waals surface area contributed by atoms with Crippen LogP contribution in [0.4, 0.5) is 5.69 Å². The summed E-state index contributed by atoms with van der Waals surface area (Å²) in [7, 11) is 6.10. The van der Waals surface area contributed by atoms with Gasteiger partial charge in [0.2, 0.25) is 0 Å². The van der Waals surface area contributed by atoms with Gasteiger partial charge >= 0.3 is 0 Å². The van der Waals surface area contributed by atoms with Gasteiger partial charge in [0.15, 0.2) is 0 Å². The largest absolute Gasteiger partial charge is 0.377 e. The van der Waals surface area contributed by atoms with Crippen molar-refractivity contribution in [2.24, 2.45) is 0 Å². The second-order valence-corrected chi connectivity index (χ2v) is 4.52. The van der Waals surface area contributed by atoms with E-state index in [9.17, 15) is 0 Å². The molecule has 0 saturated heterocycles. The van der Waals surface area contributed by atoms with Crippen LogP contribution in [0.3, 0.4) is 0 Å². The molecule has 0 bridgehead atoms. The Morgan fingerprint density at radius 1 is 1.36 bits per heavy atom. The highest BCUT2D eigenvalue weighted by molar-refractivity contribution is 9.10. The molecule has 2 nitrogen and oxygen atoms in total. The Bertz CT molecular complexity index is 310. The third kappa shape index (κ3) is 2.49. The lowest BCUT2D eigenvalue weighted by molar-refractivity contribution is 0.651. The van der Waals surface area contributed by atoms with Crippen molar-refractivity contribution in [2.75, 3.05) is 26.0 Å². The van der Waals surface area contributed by atoms with Crippen molar-refractivity contribution in [3.63, 3.8) is 0 Å². The van der Waals surface area contributed by atoms with Gasteiger partial charge in [-0.2, -0.15) is 0 Å². The van der Waals surface area contributed by atoms with Crippen molar-refractivity contribution in [3.8, 4) is 0 Å². The van der Waals surface area contributed by atoms with Crippen LogP contribution in [0.5, 0.6) is 0 Å². The van der Waals surface area contributed by atoms with E-state index in [1.807, 2.05) is 7.05 Å². The van der Waals surface area contributed by atoms with Gasteiger partial charge in [-0.3, -0.25) is 0 Å². The monoisotopic (exact) mass is 256 g/mol. The molecule has 3 heteroatoms. The molecular formula is C11H17BrN2. The molecule has 0 aliphatic rings. The van der Waals surface area contributed by atoms with E-state index in [2.05, 4.69) is 65.4 Å². The van der Waals surface area contributed by atoms with Crippen molar-refractivity contribution in [1.29, 1.82) is 0 Å². The number of nitrogens with one attached hydrogen (secondary N) is 1. The Hall–Kier alpha value is -0.540. The molecule has 0 amide bonds. The van der Waals surface area contributed by atoms with E-state index in [-0.39, 0.29) is 0 Å². The van der Waals surface area contributed by atoms with E-state index in [1.54, 1.807) is 0 Å². The van der Waals surface area contributed by atoms with Crippen LogP contribution in [0, 0.1) is 0 Å². The Kier molecular flexibility index (Phi) is 3.96. The van der Waals surface area contributed by atoms with Crippen molar-refractivity contribution in [3.05, 3.63) is 28.2 Å². The SMILES string of the molecule is CNC(C)c1ccc(Br)cc1N(C)C. The molecule has 78 valence electrons. The van der Waals surface area contributed by atoms with Crippen molar-refractivity contribution < 1.29 is 0 Å². The molecule has 0 radical (unpaired) electrons. The summed E-state index contributed by atoms with van der Waals surface area (Å²) in [5.74, 6) is 0. The molecule has 1 atom stereocenters. The number of hydrogen-bond donors (Lipinski definition) is 1. The topological polar surface area (TPSA) is 15.3 Å². The number of anilines is 1. The van der Waals surface area contributed by atoms with Gasteiger partial charge in [0, 0.05) is 30.3 Å². The van der Waals surface area contributed by atoms with Crippen LogP contribution >= 0.6 is 15.9 Å². The Balaban J connectivity index is 3.14. The summed E-state index contributed by atoms with van der Waals surface area (Å²) in [6.07, 6.45) is 0. The molecule has 1 unspecified atom stereocenters. The normalized spacial score (nSPS) is 12.6. The van der Waals surface area contributed by atoms with E-state index >= 15 is 0 Å². The zero-order valence-electron chi connectivity index (χ0n) is 9.13. The number of benzene rings is 1. The molecule has 0 heterocycles. The first-order chi connectivity index (χ1) is 6.56. The van der Waals surface area contributed by atoms with Crippen LogP contribution in [-0.2, 0) is 0 Å². The molecule has 0 saturated carbocycles. The third-order valence-corrected chi connectivity index (χ3v) is 2.87. The lowest BCUT2D eigenvalue weighted by atomic mass is 10.1. The smallest absolute Gasteiger partial charge is 0.0420 e. The molecule has 0 fully saturated rings. The molecular weight excluding hydrogens is 240 g/mol. The van der Waals surface area contributed by atoms with Gasteiger partial charge in [0.1, 0.15) is 0 Å². The summed E-state index contributed by atoms with van der Waals surface area (Å²) < 4.78 is 1.12. The van der Waals surface area contributed by atoms with E-state index in [0.717, 1.165) is 4.47 Å². The van der Waals surface area contributed by atoms with Gasteiger partial charge in [-0.1, -0.05) is 22.0 Å². The van der Waals surface area contributed by atoms with Crippen LogP contribution < -0.4 is 10.2 Å². The average molecular weight is 257 g/mol. The summed E-state index contributed by atoms with van der Waals surface area (Å²) in [5.41, 5.74) is 2.57. The van der Waals surface area contributed by atoms with Gasteiger partial charge in [0.05, 0.1) is 0 Å². The van der Waals surface area contributed by atoms with Gasteiger partial charge in [0.25, 0.3) is 0 Å². The van der Waals surface area contributed by atoms with Crippen LogP contribution in [-0.4, -0.2) is 21.1 Å². The van der Waals surface area contributed by atoms with Crippen LogP contribution in [0.1, 0.15) is 18.5 Å². The standard InChI is InChI=1S/C11H17BrN2/c1-8(13-2)10-6-5-9(12)7-11(10)14(3)4/h5-8,13H,1-4H3.